The Hall–Kier alpha value is -2.08. The number of aliphatic imine (C=N–C) groups is 1. The van der Waals surface area contributed by atoms with E-state index < -0.39 is 0 Å². The van der Waals surface area contributed by atoms with Gasteiger partial charge in [0.2, 0.25) is 5.91 Å². The van der Waals surface area contributed by atoms with Gasteiger partial charge in [0.15, 0.2) is 5.96 Å². The highest BCUT2D eigenvalue weighted by Gasteiger charge is 2.59. The summed E-state index contributed by atoms with van der Waals surface area (Å²) in [5.41, 5.74) is 1.40. The number of hydrogen-bond acceptors (Lipinski definition) is 3. The lowest BCUT2D eigenvalue weighted by Crippen LogP contribution is -2.68. The lowest BCUT2D eigenvalue weighted by Gasteiger charge is -2.54. The molecule has 4 atom stereocenters. The van der Waals surface area contributed by atoms with Crippen LogP contribution in [0.4, 0.5) is 0 Å². The maximum atomic E-state index is 12.5. The molecule has 2 heterocycles. The minimum Gasteiger partial charge on any atom is -0.377 e. The normalized spacial score (nSPS) is 30.2. The average molecular weight is 413 g/mol. The fourth-order valence-electron chi connectivity index (χ4n) is 5.41. The number of hydrogen-bond donors (Lipinski definition) is 2. The van der Waals surface area contributed by atoms with Gasteiger partial charge in [0.05, 0.1) is 6.10 Å². The molecule has 1 aliphatic carbocycles. The van der Waals surface area contributed by atoms with Gasteiger partial charge in [-0.1, -0.05) is 44.2 Å². The lowest BCUT2D eigenvalue weighted by molar-refractivity contribution is -0.127. The molecule has 0 radical (unpaired) electrons. The van der Waals surface area contributed by atoms with E-state index >= 15 is 0 Å². The van der Waals surface area contributed by atoms with Gasteiger partial charge in [0, 0.05) is 62.5 Å². The third-order valence-electron chi connectivity index (χ3n) is 7.05. The van der Waals surface area contributed by atoms with Crippen molar-refractivity contribution in [3.05, 3.63) is 35.9 Å². The van der Waals surface area contributed by atoms with Crippen LogP contribution in [0.15, 0.2) is 35.3 Å². The monoisotopic (exact) mass is 412 g/mol. The molecular formula is C24H36N4O2. The predicted octanol–water partition coefficient (Wildman–Crippen LogP) is 2.45. The van der Waals surface area contributed by atoms with Crippen LogP contribution in [0.2, 0.25) is 0 Å². The molecule has 4 rings (SSSR count). The van der Waals surface area contributed by atoms with Gasteiger partial charge in [-0.2, -0.15) is 0 Å². The maximum absolute atomic E-state index is 12.5. The fourth-order valence-corrected chi connectivity index (χ4v) is 5.41. The molecule has 4 unspecified atom stereocenters. The van der Waals surface area contributed by atoms with Crippen LogP contribution in [0, 0.1) is 17.3 Å². The van der Waals surface area contributed by atoms with Gasteiger partial charge in [-0.05, 0) is 25.3 Å². The molecule has 1 saturated carbocycles. The Morgan fingerprint density at radius 1 is 1.30 bits per heavy atom. The number of benzene rings is 1. The van der Waals surface area contributed by atoms with E-state index in [1.165, 1.54) is 5.56 Å². The topological polar surface area (TPSA) is 66.0 Å². The zero-order valence-corrected chi connectivity index (χ0v) is 18.6. The van der Waals surface area contributed by atoms with Crippen molar-refractivity contribution in [2.24, 2.45) is 22.2 Å². The summed E-state index contributed by atoms with van der Waals surface area (Å²) in [4.78, 5) is 19.3. The predicted molar refractivity (Wildman–Crippen MR) is 119 cm³/mol. The standard InChI is InChI=1S/C24H36N4O2/c1-4-25-23(27-21-19-11-13-30-22(19)24(21,2)3)26-15-18-14-20(29)28(16-18)12-10-17-8-6-5-7-9-17/h5-9,18-19,21-22H,4,10-16H2,1-3H3,(H2,25,26,27). The number of ether oxygens (including phenoxy) is 1. The molecule has 1 aromatic carbocycles. The van der Waals surface area contributed by atoms with Crippen LogP contribution in [-0.2, 0) is 16.0 Å². The van der Waals surface area contributed by atoms with E-state index in [0.29, 0.717) is 36.9 Å². The Kier molecular flexibility index (Phi) is 6.32. The molecule has 0 bridgehead atoms. The first-order valence-electron chi connectivity index (χ1n) is 11.5. The van der Waals surface area contributed by atoms with E-state index in [-0.39, 0.29) is 11.3 Å². The highest BCUT2D eigenvalue weighted by molar-refractivity contribution is 5.81. The maximum Gasteiger partial charge on any atom is 0.223 e. The van der Waals surface area contributed by atoms with Crippen molar-refractivity contribution in [3.8, 4) is 0 Å². The Bertz CT molecular complexity index is 764. The van der Waals surface area contributed by atoms with Crippen molar-refractivity contribution in [3.63, 3.8) is 0 Å². The highest BCUT2D eigenvalue weighted by atomic mass is 16.5. The van der Waals surface area contributed by atoms with E-state index in [1.807, 2.05) is 11.0 Å². The van der Waals surface area contributed by atoms with Gasteiger partial charge in [0.25, 0.3) is 0 Å². The van der Waals surface area contributed by atoms with E-state index in [2.05, 4.69) is 55.7 Å². The highest BCUT2D eigenvalue weighted by Crippen LogP contribution is 2.52. The summed E-state index contributed by atoms with van der Waals surface area (Å²) in [6.45, 7) is 10.6. The van der Waals surface area contributed by atoms with Gasteiger partial charge in [0.1, 0.15) is 0 Å². The molecular weight excluding hydrogens is 376 g/mol. The Morgan fingerprint density at radius 2 is 2.10 bits per heavy atom. The van der Waals surface area contributed by atoms with Crippen LogP contribution in [0.1, 0.15) is 39.2 Å². The Balaban J connectivity index is 1.30. The molecule has 6 nitrogen and oxygen atoms in total. The van der Waals surface area contributed by atoms with E-state index in [9.17, 15) is 4.79 Å². The third kappa shape index (κ3) is 4.34. The molecule has 0 aromatic heterocycles. The molecule has 0 spiro atoms. The second kappa shape index (κ2) is 8.96. The van der Waals surface area contributed by atoms with Crippen LogP contribution < -0.4 is 10.6 Å². The summed E-state index contributed by atoms with van der Waals surface area (Å²) < 4.78 is 5.92. The van der Waals surface area contributed by atoms with Crippen LogP contribution in [0.5, 0.6) is 0 Å². The molecule has 2 saturated heterocycles. The van der Waals surface area contributed by atoms with Gasteiger partial charge < -0.3 is 20.3 Å². The van der Waals surface area contributed by atoms with Crippen LogP contribution >= 0.6 is 0 Å². The summed E-state index contributed by atoms with van der Waals surface area (Å²) in [6, 6.07) is 10.8. The number of carbonyl (C=O) groups excluding carboxylic acids is 1. The number of carbonyl (C=O) groups is 1. The summed E-state index contributed by atoms with van der Waals surface area (Å²) in [5, 5.41) is 7.06. The van der Waals surface area contributed by atoms with E-state index in [0.717, 1.165) is 45.0 Å². The number of amides is 1. The van der Waals surface area contributed by atoms with Gasteiger partial charge in [-0.25, -0.2) is 0 Å². The number of nitrogens with one attached hydrogen (secondary N) is 2. The molecule has 1 amide bonds. The summed E-state index contributed by atoms with van der Waals surface area (Å²) in [7, 11) is 0. The zero-order chi connectivity index (χ0) is 21.1. The number of rotatable bonds is 7. The first-order valence-corrected chi connectivity index (χ1v) is 11.5. The van der Waals surface area contributed by atoms with Crippen molar-refractivity contribution in [2.75, 3.05) is 32.8 Å². The van der Waals surface area contributed by atoms with Gasteiger partial charge in [-0.15, -0.1) is 0 Å². The number of likely N-dealkylation sites (tertiary alicyclic amines) is 1. The molecule has 2 N–H and O–H groups in total. The second-order valence-corrected chi connectivity index (χ2v) is 9.55. The SMILES string of the molecule is CCNC(=NCC1CC(=O)N(CCc2ccccc2)C1)NC1C2CCOC2C1(C)C. The summed E-state index contributed by atoms with van der Waals surface area (Å²) in [6.07, 6.45) is 3.00. The molecule has 6 heteroatoms. The average Bonchev–Trinajstić information content (AvgIpc) is 3.34. The number of nitrogens with zero attached hydrogens (tertiary/aromatic N) is 2. The quantitative estimate of drug-likeness (QED) is 0.533. The van der Waals surface area contributed by atoms with Crippen molar-refractivity contribution >= 4 is 11.9 Å². The second-order valence-electron chi connectivity index (χ2n) is 9.55. The van der Waals surface area contributed by atoms with Crippen LogP contribution in [-0.4, -0.2) is 61.7 Å². The third-order valence-corrected chi connectivity index (χ3v) is 7.05. The smallest absolute Gasteiger partial charge is 0.223 e. The molecule has 1 aromatic rings. The zero-order valence-electron chi connectivity index (χ0n) is 18.6. The van der Waals surface area contributed by atoms with Gasteiger partial charge >= 0.3 is 0 Å². The lowest BCUT2D eigenvalue weighted by atomic mass is 9.57. The molecule has 3 fully saturated rings. The largest absolute Gasteiger partial charge is 0.377 e. The van der Waals surface area contributed by atoms with E-state index in [4.69, 9.17) is 9.73 Å². The first-order chi connectivity index (χ1) is 14.5. The molecule has 30 heavy (non-hydrogen) atoms. The van der Waals surface area contributed by atoms with Gasteiger partial charge in [-0.3, -0.25) is 9.79 Å². The van der Waals surface area contributed by atoms with E-state index in [1.54, 1.807) is 0 Å². The van der Waals surface area contributed by atoms with Crippen LogP contribution in [0.25, 0.3) is 0 Å². The van der Waals surface area contributed by atoms with Crippen molar-refractivity contribution < 1.29 is 9.53 Å². The number of fused-ring (bicyclic) bond motifs is 1. The molecule has 3 aliphatic rings. The summed E-state index contributed by atoms with van der Waals surface area (Å²) in [5.74, 6) is 2.00. The van der Waals surface area contributed by atoms with Crippen LogP contribution in [0.3, 0.4) is 0 Å². The molecule has 2 aliphatic heterocycles. The minimum atomic E-state index is 0.120. The fraction of sp³-hybridized carbons (Fsp3) is 0.667. The van der Waals surface area contributed by atoms with Crippen molar-refractivity contribution in [1.29, 1.82) is 0 Å². The van der Waals surface area contributed by atoms with Crippen molar-refractivity contribution in [2.45, 2.75) is 52.2 Å². The number of guanidine groups is 1. The first kappa shape index (κ1) is 21.2. The van der Waals surface area contributed by atoms with Crippen molar-refractivity contribution in [1.82, 2.24) is 15.5 Å². The minimum absolute atomic E-state index is 0.120. The Labute approximate surface area is 180 Å². The Morgan fingerprint density at radius 3 is 2.87 bits per heavy atom. The summed E-state index contributed by atoms with van der Waals surface area (Å²) >= 11 is 0. The molecule has 164 valence electrons.